The van der Waals surface area contributed by atoms with Crippen molar-refractivity contribution in [3.63, 3.8) is 0 Å². The Labute approximate surface area is 73.8 Å². The zero-order valence-electron chi connectivity index (χ0n) is 7.46. The number of ketones is 1. The van der Waals surface area contributed by atoms with E-state index in [4.69, 9.17) is 0 Å². The lowest BCUT2D eigenvalue weighted by Crippen LogP contribution is -2.25. The van der Waals surface area contributed by atoms with Gasteiger partial charge in [0.05, 0.1) is 0 Å². The third-order valence-electron chi connectivity index (χ3n) is 3.25. The van der Waals surface area contributed by atoms with E-state index in [1.54, 1.807) is 0 Å². The van der Waals surface area contributed by atoms with Crippen molar-refractivity contribution >= 4 is 5.78 Å². The summed E-state index contributed by atoms with van der Waals surface area (Å²) in [6, 6.07) is 0. The topological polar surface area (TPSA) is 17.1 Å². The lowest BCUT2D eigenvalue weighted by Gasteiger charge is -2.28. The first-order valence-corrected chi connectivity index (χ1v) is 5.05. The number of hydrogen-bond acceptors (Lipinski definition) is 1. The molecule has 1 heteroatoms. The van der Waals surface area contributed by atoms with E-state index < -0.39 is 0 Å². The SMILES string of the molecule is O=C1CC=CCC2CCCCC12. The molecule has 2 atom stereocenters. The molecule has 2 aliphatic rings. The van der Waals surface area contributed by atoms with Gasteiger partial charge in [-0.2, -0.15) is 0 Å². The predicted molar refractivity (Wildman–Crippen MR) is 48.8 cm³/mol. The van der Waals surface area contributed by atoms with Crippen LogP contribution in [0.25, 0.3) is 0 Å². The zero-order chi connectivity index (χ0) is 8.39. The summed E-state index contributed by atoms with van der Waals surface area (Å²) in [6.45, 7) is 0. The predicted octanol–water partition coefficient (Wildman–Crippen LogP) is 2.71. The van der Waals surface area contributed by atoms with Crippen LogP contribution in [0.4, 0.5) is 0 Å². The van der Waals surface area contributed by atoms with Crippen molar-refractivity contribution in [1.82, 2.24) is 0 Å². The molecule has 0 aromatic rings. The minimum Gasteiger partial charge on any atom is -0.299 e. The van der Waals surface area contributed by atoms with E-state index >= 15 is 0 Å². The molecular formula is C11H16O. The Hall–Kier alpha value is -0.590. The van der Waals surface area contributed by atoms with Crippen molar-refractivity contribution in [1.29, 1.82) is 0 Å². The van der Waals surface area contributed by atoms with Crippen LogP contribution in [-0.2, 0) is 4.79 Å². The summed E-state index contributed by atoms with van der Waals surface area (Å²) in [4.78, 5) is 11.6. The largest absolute Gasteiger partial charge is 0.299 e. The van der Waals surface area contributed by atoms with Crippen LogP contribution in [0.3, 0.4) is 0 Å². The number of fused-ring (bicyclic) bond motifs is 1. The van der Waals surface area contributed by atoms with E-state index in [9.17, 15) is 4.79 Å². The number of allylic oxidation sites excluding steroid dienone is 2. The third-order valence-corrected chi connectivity index (χ3v) is 3.25. The molecular weight excluding hydrogens is 148 g/mol. The maximum Gasteiger partial charge on any atom is 0.140 e. The van der Waals surface area contributed by atoms with E-state index in [0.717, 1.165) is 12.8 Å². The number of carbonyl (C=O) groups is 1. The summed E-state index contributed by atoms with van der Waals surface area (Å²) in [7, 11) is 0. The van der Waals surface area contributed by atoms with E-state index in [-0.39, 0.29) is 0 Å². The highest BCUT2D eigenvalue weighted by molar-refractivity contribution is 5.83. The van der Waals surface area contributed by atoms with Gasteiger partial charge >= 0.3 is 0 Å². The highest BCUT2D eigenvalue weighted by Crippen LogP contribution is 2.35. The van der Waals surface area contributed by atoms with Crippen LogP contribution < -0.4 is 0 Å². The first kappa shape index (κ1) is 8.03. The standard InChI is InChI=1S/C11H16O/c12-11-8-4-2-6-9-5-1-3-7-10(9)11/h2,4,9-10H,1,3,5-8H2. The van der Waals surface area contributed by atoms with Gasteiger partial charge in [0.25, 0.3) is 0 Å². The fourth-order valence-corrected chi connectivity index (χ4v) is 2.54. The molecule has 0 radical (unpaired) electrons. The second-order valence-corrected chi connectivity index (χ2v) is 4.03. The molecule has 2 unspecified atom stereocenters. The Morgan fingerprint density at radius 2 is 2.00 bits per heavy atom. The Morgan fingerprint density at radius 3 is 2.92 bits per heavy atom. The third kappa shape index (κ3) is 1.45. The lowest BCUT2D eigenvalue weighted by molar-refractivity contribution is -0.124. The fraction of sp³-hybridized carbons (Fsp3) is 0.727. The second kappa shape index (κ2) is 3.42. The summed E-state index contributed by atoms with van der Waals surface area (Å²) in [5, 5.41) is 0. The van der Waals surface area contributed by atoms with Gasteiger partial charge in [0.15, 0.2) is 0 Å². The molecule has 0 heterocycles. The molecule has 0 amide bonds. The number of hydrogen-bond donors (Lipinski definition) is 0. The Bertz CT molecular complexity index is 205. The van der Waals surface area contributed by atoms with Crippen molar-refractivity contribution in [2.75, 3.05) is 0 Å². The first-order valence-electron chi connectivity index (χ1n) is 5.05. The van der Waals surface area contributed by atoms with E-state index in [0.29, 0.717) is 24.0 Å². The Kier molecular flexibility index (Phi) is 2.29. The summed E-state index contributed by atoms with van der Waals surface area (Å²) >= 11 is 0. The summed E-state index contributed by atoms with van der Waals surface area (Å²) in [5.41, 5.74) is 0. The average Bonchev–Trinajstić information content (AvgIpc) is 2.29. The van der Waals surface area contributed by atoms with Crippen LogP contribution in [0.1, 0.15) is 38.5 Å². The highest BCUT2D eigenvalue weighted by atomic mass is 16.1. The van der Waals surface area contributed by atoms with Gasteiger partial charge < -0.3 is 0 Å². The molecule has 1 fully saturated rings. The zero-order valence-corrected chi connectivity index (χ0v) is 7.46. The molecule has 0 saturated heterocycles. The normalized spacial score (nSPS) is 35.8. The minimum atomic E-state index is 0.411. The van der Waals surface area contributed by atoms with Crippen molar-refractivity contribution < 1.29 is 4.79 Å². The van der Waals surface area contributed by atoms with E-state index in [1.807, 2.05) is 0 Å². The van der Waals surface area contributed by atoms with Crippen LogP contribution in [0.5, 0.6) is 0 Å². The van der Waals surface area contributed by atoms with E-state index in [2.05, 4.69) is 12.2 Å². The minimum absolute atomic E-state index is 0.411. The molecule has 66 valence electrons. The molecule has 0 bridgehead atoms. The van der Waals surface area contributed by atoms with Crippen LogP contribution in [0.15, 0.2) is 12.2 Å². The maximum atomic E-state index is 11.6. The van der Waals surface area contributed by atoms with Crippen LogP contribution >= 0.6 is 0 Å². The molecule has 0 spiro atoms. The molecule has 0 aromatic carbocycles. The molecule has 0 aliphatic heterocycles. The van der Waals surface area contributed by atoms with Gasteiger partial charge in [0, 0.05) is 12.3 Å². The van der Waals surface area contributed by atoms with Crippen LogP contribution in [-0.4, -0.2) is 5.78 Å². The van der Waals surface area contributed by atoms with Gasteiger partial charge in [0.2, 0.25) is 0 Å². The molecule has 0 N–H and O–H groups in total. The maximum absolute atomic E-state index is 11.6. The number of Topliss-reactive ketones (excluding diaryl/α,β-unsaturated/α-hetero) is 1. The van der Waals surface area contributed by atoms with Crippen molar-refractivity contribution in [3.8, 4) is 0 Å². The van der Waals surface area contributed by atoms with Gasteiger partial charge in [-0.25, -0.2) is 0 Å². The fourth-order valence-electron chi connectivity index (χ4n) is 2.54. The van der Waals surface area contributed by atoms with Crippen molar-refractivity contribution in [2.45, 2.75) is 38.5 Å². The monoisotopic (exact) mass is 164 g/mol. The van der Waals surface area contributed by atoms with Gasteiger partial charge in [-0.1, -0.05) is 25.0 Å². The lowest BCUT2D eigenvalue weighted by atomic mass is 9.76. The van der Waals surface area contributed by atoms with Crippen molar-refractivity contribution in [3.05, 3.63) is 12.2 Å². The average molecular weight is 164 g/mol. The molecule has 2 rings (SSSR count). The molecule has 0 aromatic heterocycles. The van der Waals surface area contributed by atoms with Gasteiger partial charge in [-0.15, -0.1) is 0 Å². The summed E-state index contributed by atoms with van der Waals surface area (Å²) < 4.78 is 0. The second-order valence-electron chi connectivity index (χ2n) is 4.03. The number of rotatable bonds is 0. The first-order chi connectivity index (χ1) is 5.88. The van der Waals surface area contributed by atoms with Crippen LogP contribution in [0, 0.1) is 11.8 Å². The summed E-state index contributed by atoms with van der Waals surface area (Å²) in [6.07, 6.45) is 11.1. The van der Waals surface area contributed by atoms with Gasteiger partial charge in [0.1, 0.15) is 5.78 Å². The Balaban J connectivity index is 2.11. The smallest absolute Gasteiger partial charge is 0.140 e. The quantitative estimate of drug-likeness (QED) is 0.503. The van der Waals surface area contributed by atoms with Gasteiger partial charge in [-0.05, 0) is 25.2 Å². The van der Waals surface area contributed by atoms with Gasteiger partial charge in [-0.3, -0.25) is 4.79 Å². The molecule has 12 heavy (non-hydrogen) atoms. The number of carbonyl (C=O) groups excluding carboxylic acids is 1. The van der Waals surface area contributed by atoms with E-state index in [1.165, 1.54) is 19.3 Å². The highest BCUT2D eigenvalue weighted by Gasteiger charge is 2.30. The summed E-state index contributed by atoms with van der Waals surface area (Å²) in [5.74, 6) is 1.59. The van der Waals surface area contributed by atoms with Crippen LogP contribution in [0.2, 0.25) is 0 Å². The Morgan fingerprint density at radius 1 is 1.17 bits per heavy atom. The molecule has 1 saturated carbocycles. The molecule has 1 nitrogen and oxygen atoms in total. The van der Waals surface area contributed by atoms with Crippen molar-refractivity contribution in [2.24, 2.45) is 11.8 Å². The molecule has 2 aliphatic carbocycles.